The van der Waals surface area contributed by atoms with E-state index in [0.29, 0.717) is 18.1 Å². The molecule has 2 unspecified atom stereocenters. The van der Waals surface area contributed by atoms with Crippen molar-refractivity contribution in [3.8, 4) is 11.5 Å². The Morgan fingerprint density at radius 2 is 1.75 bits per heavy atom. The van der Waals surface area contributed by atoms with Gasteiger partial charge in [-0.05, 0) is 55.6 Å². The van der Waals surface area contributed by atoms with Crippen molar-refractivity contribution < 1.29 is 33.3 Å². The molecule has 2 heterocycles. The van der Waals surface area contributed by atoms with Crippen LogP contribution in [0.3, 0.4) is 0 Å². The van der Waals surface area contributed by atoms with Crippen LogP contribution in [0.2, 0.25) is 0 Å². The molecular weight excluding hydrogens is 462 g/mol. The third kappa shape index (κ3) is 9.04. The topological polar surface area (TPSA) is 83.5 Å². The molecule has 8 nitrogen and oxygen atoms in total. The lowest BCUT2D eigenvalue weighted by Crippen LogP contribution is -2.37. The van der Waals surface area contributed by atoms with Crippen molar-refractivity contribution in [3.05, 3.63) is 35.1 Å². The van der Waals surface area contributed by atoms with Gasteiger partial charge in [0.2, 0.25) is 6.79 Å². The van der Waals surface area contributed by atoms with Gasteiger partial charge < -0.3 is 28.6 Å². The first-order valence-electron chi connectivity index (χ1n) is 13.1. The number of rotatable bonds is 7. The van der Waals surface area contributed by atoms with Crippen LogP contribution in [0, 0.1) is 0 Å². The second-order valence-electron chi connectivity index (χ2n) is 8.34. The zero-order valence-electron chi connectivity index (χ0n) is 23.3. The van der Waals surface area contributed by atoms with E-state index in [9.17, 15) is 9.59 Å². The quantitative estimate of drug-likeness (QED) is 0.244. The fourth-order valence-corrected chi connectivity index (χ4v) is 4.07. The molecule has 1 aromatic rings. The minimum absolute atomic E-state index is 0.188. The molecule has 2 aliphatic rings. The summed E-state index contributed by atoms with van der Waals surface area (Å²) in [6, 6.07) is 3.97. The molecule has 8 heteroatoms. The van der Waals surface area contributed by atoms with Gasteiger partial charge in [-0.15, -0.1) is 0 Å². The van der Waals surface area contributed by atoms with Crippen molar-refractivity contribution in [2.45, 2.75) is 86.2 Å². The molecule has 204 valence electrons. The lowest BCUT2D eigenvalue weighted by molar-refractivity contribution is -0.138. The summed E-state index contributed by atoms with van der Waals surface area (Å²) < 4.78 is 27.0. The van der Waals surface area contributed by atoms with Gasteiger partial charge in [-0.25, -0.2) is 4.79 Å². The molecule has 1 aromatic carbocycles. The number of benzene rings is 1. The van der Waals surface area contributed by atoms with Gasteiger partial charge in [-0.2, -0.15) is 0 Å². The van der Waals surface area contributed by atoms with Crippen LogP contribution >= 0.6 is 0 Å². The van der Waals surface area contributed by atoms with Crippen LogP contribution < -0.4 is 9.47 Å². The first kappa shape index (κ1) is 31.3. The number of hydrogen-bond donors (Lipinski definition) is 0. The van der Waals surface area contributed by atoms with E-state index in [1.807, 2.05) is 32.9 Å². The van der Waals surface area contributed by atoms with Crippen LogP contribution in [0.25, 0.3) is 0 Å². The van der Waals surface area contributed by atoms with Crippen LogP contribution in [-0.4, -0.2) is 56.7 Å². The van der Waals surface area contributed by atoms with Gasteiger partial charge in [0.05, 0.1) is 7.11 Å². The smallest absolute Gasteiger partial charge is 0.497 e. The normalized spacial score (nSPS) is 17.2. The van der Waals surface area contributed by atoms with E-state index in [-0.39, 0.29) is 12.7 Å². The number of hydrogen-bond acceptors (Lipinski definition) is 8. The molecule has 0 aliphatic carbocycles. The highest BCUT2D eigenvalue weighted by molar-refractivity contribution is 5.80. The van der Waals surface area contributed by atoms with E-state index in [4.69, 9.17) is 18.9 Å². The summed E-state index contributed by atoms with van der Waals surface area (Å²) in [5, 5.41) is 0. The van der Waals surface area contributed by atoms with E-state index in [0.717, 1.165) is 49.7 Å². The maximum absolute atomic E-state index is 12.2. The third-order valence-corrected chi connectivity index (χ3v) is 5.84. The molecule has 0 N–H and O–H groups in total. The summed E-state index contributed by atoms with van der Waals surface area (Å²) in [7, 11) is 1.53. The number of fused-ring (bicyclic) bond motifs is 2. The molecule has 0 radical (unpaired) electrons. The Hall–Kier alpha value is -2.74. The Bertz CT molecular complexity index is 851. The largest absolute Gasteiger partial charge is 0.516 e. The van der Waals surface area contributed by atoms with Gasteiger partial charge in [-0.3, -0.25) is 4.79 Å². The lowest BCUT2D eigenvalue weighted by Gasteiger charge is -2.31. The Morgan fingerprint density at radius 3 is 2.28 bits per heavy atom. The van der Waals surface area contributed by atoms with Crippen LogP contribution in [0.1, 0.15) is 84.8 Å². The van der Waals surface area contributed by atoms with Gasteiger partial charge in [0.15, 0.2) is 17.6 Å². The highest BCUT2D eigenvalue weighted by Gasteiger charge is 2.37. The van der Waals surface area contributed by atoms with Gasteiger partial charge in [0, 0.05) is 25.9 Å². The minimum atomic E-state index is -1.04. The Morgan fingerprint density at radius 1 is 1.11 bits per heavy atom. The number of esters is 1. The maximum atomic E-state index is 12.2. The number of nitrogens with zero attached hydrogens (tertiary/aromatic N) is 1. The highest BCUT2D eigenvalue weighted by Crippen LogP contribution is 2.41. The van der Waals surface area contributed by atoms with E-state index in [2.05, 4.69) is 30.4 Å². The second kappa shape index (κ2) is 16.8. The standard InChI is InChI=1S/C22H29NO7.C4H10.C2H6/c1-5-8-23-9-7-15-10-19-20(28-13-27-19)11-16(15)17(12-23)21(18(6-2)26-4)30-22(25)29-14(3)24;1-3-4-2;1-2/h6,10-11,17,21H,5,7-9,12-13H2,1-4H3;3-4H2,1-2H3;1-2H3/b18-6+;;. The SMILES string of the molecule is C/C=C(/OC)C(OC(=O)OC(C)=O)C1CN(CCC)CCc2cc3c(cc21)OCO3.CC.CCCC. The van der Waals surface area contributed by atoms with Crippen molar-refractivity contribution in [2.24, 2.45) is 0 Å². The monoisotopic (exact) mass is 507 g/mol. The predicted molar refractivity (Wildman–Crippen MR) is 140 cm³/mol. The fourth-order valence-electron chi connectivity index (χ4n) is 4.07. The van der Waals surface area contributed by atoms with E-state index in [1.165, 1.54) is 20.0 Å². The van der Waals surface area contributed by atoms with Gasteiger partial charge >= 0.3 is 12.1 Å². The number of carbonyl (C=O) groups is 2. The molecule has 0 saturated carbocycles. The molecule has 0 amide bonds. The van der Waals surface area contributed by atoms with E-state index >= 15 is 0 Å². The Kier molecular flexibility index (Phi) is 14.6. The van der Waals surface area contributed by atoms with Crippen molar-refractivity contribution in [3.63, 3.8) is 0 Å². The van der Waals surface area contributed by atoms with E-state index < -0.39 is 18.2 Å². The zero-order valence-corrected chi connectivity index (χ0v) is 23.3. The summed E-state index contributed by atoms with van der Waals surface area (Å²) in [6.45, 7) is 16.1. The van der Waals surface area contributed by atoms with Crippen molar-refractivity contribution in [2.75, 3.05) is 33.5 Å². The first-order valence-corrected chi connectivity index (χ1v) is 13.1. The number of allylic oxidation sites excluding steroid dienone is 1. The lowest BCUT2D eigenvalue weighted by atomic mass is 9.87. The number of carbonyl (C=O) groups excluding carboxylic acids is 2. The molecule has 36 heavy (non-hydrogen) atoms. The molecule has 2 aliphatic heterocycles. The van der Waals surface area contributed by atoms with Crippen LogP contribution in [0.15, 0.2) is 24.0 Å². The fraction of sp³-hybridized carbons (Fsp3) is 0.643. The van der Waals surface area contributed by atoms with Crippen LogP contribution in [0.4, 0.5) is 4.79 Å². The molecule has 0 spiro atoms. The number of unbranched alkanes of at least 4 members (excludes halogenated alkanes) is 1. The Labute approximate surface area is 216 Å². The molecule has 0 saturated heterocycles. The summed E-state index contributed by atoms with van der Waals surface area (Å²) in [5.41, 5.74) is 2.12. The van der Waals surface area contributed by atoms with Crippen molar-refractivity contribution >= 4 is 12.1 Å². The predicted octanol–water partition coefficient (Wildman–Crippen LogP) is 6.22. The van der Waals surface area contributed by atoms with E-state index in [1.54, 1.807) is 6.08 Å². The molecule has 2 atom stereocenters. The molecule has 0 aromatic heterocycles. The third-order valence-electron chi connectivity index (χ3n) is 5.84. The Balaban J connectivity index is 0.000000982. The summed E-state index contributed by atoms with van der Waals surface area (Å²) in [5.74, 6) is 0.919. The molecule has 0 bridgehead atoms. The summed E-state index contributed by atoms with van der Waals surface area (Å²) in [6.07, 6.45) is 4.43. The van der Waals surface area contributed by atoms with Gasteiger partial charge in [0.25, 0.3) is 0 Å². The van der Waals surface area contributed by atoms with Crippen molar-refractivity contribution in [1.82, 2.24) is 4.90 Å². The maximum Gasteiger partial charge on any atom is 0.516 e. The average molecular weight is 508 g/mol. The van der Waals surface area contributed by atoms with Crippen LogP contribution in [0.5, 0.6) is 11.5 Å². The molecule has 0 fully saturated rings. The second-order valence-corrected chi connectivity index (χ2v) is 8.34. The minimum Gasteiger partial charge on any atom is -0.497 e. The van der Waals surface area contributed by atoms with Crippen LogP contribution in [-0.2, 0) is 25.4 Å². The molecular formula is C28H45NO7. The highest BCUT2D eigenvalue weighted by atomic mass is 16.7. The van der Waals surface area contributed by atoms with Crippen molar-refractivity contribution in [1.29, 1.82) is 0 Å². The summed E-state index contributed by atoms with van der Waals surface area (Å²) >= 11 is 0. The summed E-state index contributed by atoms with van der Waals surface area (Å²) in [4.78, 5) is 25.8. The van der Waals surface area contributed by atoms with Gasteiger partial charge in [0.1, 0.15) is 5.76 Å². The number of ether oxygens (including phenoxy) is 5. The zero-order chi connectivity index (χ0) is 27.1. The van der Waals surface area contributed by atoms with Gasteiger partial charge in [-0.1, -0.05) is 47.5 Å². The average Bonchev–Trinajstić information content (AvgIpc) is 3.26. The molecule has 3 rings (SSSR count). The first-order chi connectivity index (χ1) is 17.4. The number of methoxy groups -OCH3 is 1.